The van der Waals surface area contributed by atoms with Gasteiger partial charge in [0.15, 0.2) is 0 Å². The first-order valence-corrected chi connectivity index (χ1v) is 7.87. The average Bonchev–Trinajstić information content (AvgIpc) is 2.45. The van der Waals surface area contributed by atoms with Crippen LogP contribution in [-0.2, 0) is 0 Å². The van der Waals surface area contributed by atoms with Crippen LogP contribution in [0.1, 0.15) is 52.4 Å². The van der Waals surface area contributed by atoms with Crippen molar-refractivity contribution in [2.24, 2.45) is 5.92 Å². The Labute approximate surface area is 121 Å². The van der Waals surface area contributed by atoms with Gasteiger partial charge in [-0.2, -0.15) is 9.97 Å². The second kappa shape index (κ2) is 7.31. The van der Waals surface area contributed by atoms with Crippen molar-refractivity contribution in [2.45, 2.75) is 58.4 Å². The van der Waals surface area contributed by atoms with E-state index in [-0.39, 0.29) is 0 Å². The molecule has 1 fully saturated rings. The molecule has 1 heterocycles. The number of nitrogen functional groups attached to an aromatic ring is 1. The first kappa shape index (κ1) is 14.9. The number of rotatable bonds is 6. The fraction of sp³-hybridized carbons (Fsp3) is 0.733. The van der Waals surface area contributed by atoms with Crippen LogP contribution in [0, 0.1) is 5.92 Å². The second-order valence-corrected chi connectivity index (χ2v) is 5.58. The van der Waals surface area contributed by atoms with E-state index in [4.69, 9.17) is 5.73 Å². The normalized spacial score (nSPS) is 17.7. The van der Waals surface area contributed by atoms with Crippen molar-refractivity contribution in [1.29, 1.82) is 0 Å². The fourth-order valence-corrected chi connectivity index (χ4v) is 3.09. The van der Waals surface area contributed by atoms with E-state index >= 15 is 0 Å². The molecule has 1 aliphatic carbocycles. The Hall–Kier alpha value is -1.52. The molecular weight excluding hydrogens is 250 g/mol. The number of nitrogens with two attached hydrogens (primary N) is 1. The van der Waals surface area contributed by atoms with Gasteiger partial charge in [-0.3, -0.25) is 0 Å². The van der Waals surface area contributed by atoms with Gasteiger partial charge in [0.2, 0.25) is 5.95 Å². The van der Waals surface area contributed by atoms with Gasteiger partial charge in [0.1, 0.15) is 11.6 Å². The molecule has 0 amide bonds. The van der Waals surface area contributed by atoms with Crippen molar-refractivity contribution in [3.8, 4) is 0 Å². The molecule has 112 valence electrons. The maximum Gasteiger partial charge on any atom is 0.223 e. The lowest BCUT2D eigenvalue weighted by Gasteiger charge is -2.30. The molecule has 20 heavy (non-hydrogen) atoms. The van der Waals surface area contributed by atoms with Gasteiger partial charge in [-0.25, -0.2) is 0 Å². The third-order valence-corrected chi connectivity index (χ3v) is 4.09. The van der Waals surface area contributed by atoms with Crippen LogP contribution < -0.4 is 16.4 Å². The summed E-state index contributed by atoms with van der Waals surface area (Å²) in [6, 6.07) is 2.44. The van der Waals surface area contributed by atoms with Crippen LogP contribution >= 0.6 is 0 Å². The van der Waals surface area contributed by atoms with Crippen molar-refractivity contribution in [2.75, 3.05) is 22.9 Å². The molecule has 1 aromatic heterocycles. The minimum Gasteiger partial charge on any atom is -0.370 e. The minimum absolute atomic E-state index is 0.324. The summed E-state index contributed by atoms with van der Waals surface area (Å²) in [5.74, 6) is 2.71. The number of nitrogens with one attached hydrogen (secondary N) is 2. The highest BCUT2D eigenvalue weighted by molar-refractivity contribution is 5.51. The Morgan fingerprint density at radius 1 is 1.20 bits per heavy atom. The first-order valence-electron chi connectivity index (χ1n) is 7.87. The number of aromatic nitrogens is 2. The van der Waals surface area contributed by atoms with Gasteiger partial charge in [0, 0.05) is 18.7 Å². The van der Waals surface area contributed by atoms with E-state index in [9.17, 15) is 0 Å². The largest absolute Gasteiger partial charge is 0.370 e. The zero-order valence-corrected chi connectivity index (χ0v) is 12.7. The summed E-state index contributed by atoms with van der Waals surface area (Å²) in [6.45, 7) is 5.11. The molecule has 4 N–H and O–H groups in total. The average molecular weight is 277 g/mol. The van der Waals surface area contributed by atoms with E-state index in [1.807, 2.05) is 13.0 Å². The summed E-state index contributed by atoms with van der Waals surface area (Å²) in [4.78, 5) is 8.50. The summed E-state index contributed by atoms with van der Waals surface area (Å²) in [7, 11) is 0. The number of hydrogen-bond donors (Lipinski definition) is 3. The van der Waals surface area contributed by atoms with Crippen molar-refractivity contribution in [3.05, 3.63) is 6.07 Å². The number of nitrogens with zero attached hydrogens (tertiary/aromatic N) is 2. The van der Waals surface area contributed by atoms with Crippen LogP contribution in [0.3, 0.4) is 0 Å². The smallest absolute Gasteiger partial charge is 0.223 e. The molecule has 0 saturated heterocycles. The van der Waals surface area contributed by atoms with Gasteiger partial charge in [-0.05, 0) is 32.1 Å². The third kappa shape index (κ3) is 3.99. The van der Waals surface area contributed by atoms with Crippen LogP contribution in [0.4, 0.5) is 17.6 Å². The van der Waals surface area contributed by atoms with Crippen molar-refractivity contribution >= 4 is 17.6 Å². The Morgan fingerprint density at radius 2 is 1.90 bits per heavy atom. The molecule has 5 heteroatoms. The van der Waals surface area contributed by atoms with Crippen LogP contribution in [0.5, 0.6) is 0 Å². The van der Waals surface area contributed by atoms with E-state index in [1.54, 1.807) is 0 Å². The molecule has 0 aliphatic heterocycles. The highest BCUT2D eigenvalue weighted by atomic mass is 15.1. The summed E-state index contributed by atoms with van der Waals surface area (Å²) in [5.41, 5.74) is 5.78. The van der Waals surface area contributed by atoms with Crippen LogP contribution in [0.15, 0.2) is 6.07 Å². The van der Waals surface area contributed by atoms with E-state index in [2.05, 4.69) is 27.5 Å². The van der Waals surface area contributed by atoms with Gasteiger partial charge in [-0.1, -0.05) is 26.2 Å². The van der Waals surface area contributed by atoms with Gasteiger partial charge in [0.25, 0.3) is 0 Å². The van der Waals surface area contributed by atoms with Crippen LogP contribution in [0.2, 0.25) is 0 Å². The van der Waals surface area contributed by atoms with E-state index in [0.29, 0.717) is 12.0 Å². The highest BCUT2D eigenvalue weighted by Crippen LogP contribution is 2.29. The minimum atomic E-state index is 0.324. The number of anilines is 3. The van der Waals surface area contributed by atoms with E-state index < -0.39 is 0 Å². The highest BCUT2D eigenvalue weighted by Gasteiger charge is 2.22. The summed E-state index contributed by atoms with van der Waals surface area (Å²) >= 11 is 0. The lowest BCUT2D eigenvalue weighted by atomic mass is 9.83. The monoisotopic (exact) mass is 277 g/mol. The van der Waals surface area contributed by atoms with E-state index in [1.165, 1.54) is 32.1 Å². The molecule has 1 aromatic rings. The Balaban J connectivity index is 2.06. The molecule has 0 bridgehead atoms. The lowest BCUT2D eigenvalue weighted by Crippen LogP contribution is -2.30. The molecule has 2 rings (SSSR count). The molecule has 0 aromatic carbocycles. The predicted octanol–water partition coefficient (Wildman–Crippen LogP) is 3.26. The van der Waals surface area contributed by atoms with Crippen molar-refractivity contribution < 1.29 is 0 Å². The molecule has 1 atom stereocenters. The molecule has 1 unspecified atom stereocenters. The van der Waals surface area contributed by atoms with Crippen LogP contribution in [0.25, 0.3) is 0 Å². The standard InChI is InChI=1S/C15H27N5/c1-3-12(11-8-6-5-7-9-11)18-14-10-13(17-4-2)19-15(16)20-14/h10-12H,3-9H2,1-2H3,(H4,16,17,18,19,20). The summed E-state index contributed by atoms with van der Waals surface area (Å²) in [5, 5.41) is 6.76. The van der Waals surface area contributed by atoms with Gasteiger partial charge >= 0.3 is 0 Å². The summed E-state index contributed by atoms with van der Waals surface area (Å²) in [6.07, 6.45) is 7.87. The Bertz CT molecular complexity index is 415. The SMILES string of the molecule is CCNc1cc(NC(CC)C2CCCCC2)nc(N)n1. The van der Waals surface area contributed by atoms with Gasteiger partial charge in [-0.15, -0.1) is 0 Å². The van der Waals surface area contributed by atoms with Gasteiger partial charge in [0.05, 0.1) is 0 Å². The Morgan fingerprint density at radius 3 is 2.55 bits per heavy atom. The molecule has 1 aliphatic rings. The van der Waals surface area contributed by atoms with Crippen molar-refractivity contribution in [1.82, 2.24) is 9.97 Å². The van der Waals surface area contributed by atoms with E-state index in [0.717, 1.165) is 30.5 Å². The fourth-order valence-electron chi connectivity index (χ4n) is 3.09. The number of hydrogen-bond acceptors (Lipinski definition) is 5. The zero-order valence-electron chi connectivity index (χ0n) is 12.7. The second-order valence-electron chi connectivity index (χ2n) is 5.58. The third-order valence-electron chi connectivity index (χ3n) is 4.09. The molecular formula is C15H27N5. The van der Waals surface area contributed by atoms with Crippen LogP contribution in [-0.4, -0.2) is 22.6 Å². The first-order chi connectivity index (χ1) is 9.72. The van der Waals surface area contributed by atoms with Gasteiger partial charge < -0.3 is 16.4 Å². The maximum atomic E-state index is 5.78. The molecule has 1 saturated carbocycles. The summed E-state index contributed by atoms with van der Waals surface area (Å²) < 4.78 is 0. The topological polar surface area (TPSA) is 75.9 Å². The zero-order chi connectivity index (χ0) is 14.4. The quantitative estimate of drug-likeness (QED) is 0.744. The lowest BCUT2D eigenvalue weighted by molar-refractivity contribution is 0.312. The molecule has 0 spiro atoms. The molecule has 5 nitrogen and oxygen atoms in total. The van der Waals surface area contributed by atoms with Crippen molar-refractivity contribution in [3.63, 3.8) is 0 Å². The Kier molecular flexibility index (Phi) is 5.44. The predicted molar refractivity (Wildman–Crippen MR) is 84.9 cm³/mol. The molecule has 0 radical (unpaired) electrons. The maximum absolute atomic E-state index is 5.78.